The zero-order chi connectivity index (χ0) is 18.7. The van der Waals surface area contributed by atoms with Crippen molar-refractivity contribution < 1.29 is 29.1 Å². The van der Waals surface area contributed by atoms with E-state index in [2.05, 4.69) is 0 Å². The SMILES string of the molecule is COc1cc([C@H]2[NH2+][C@@H](C(=O)[O-])CS2)ccc1OCc1c(F)cccc1Cl. The monoisotopic (exact) mass is 397 g/mol. The van der Waals surface area contributed by atoms with Crippen molar-refractivity contribution in [2.24, 2.45) is 0 Å². The van der Waals surface area contributed by atoms with Gasteiger partial charge >= 0.3 is 0 Å². The predicted octanol–water partition coefficient (Wildman–Crippen LogP) is 1.49. The van der Waals surface area contributed by atoms with Gasteiger partial charge in [0.2, 0.25) is 0 Å². The maximum Gasteiger partial charge on any atom is 0.161 e. The fourth-order valence-corrected chi connectivity index (χ4v) is 4.20. The number of carboxylic acid groups (broad SMARTS) is 1. The first kappa shape index (κ1) is 18.8. The molecular weight excluding hydrogens is 381 g/mol. The number of carboxylic acids is 1. The topological polar surface area (TPSA) is 75.2 Å². The highest BCUT2D eigenvalue weighted by Crippen LogP contribution is 2.35. The summed E-state index contributed by atoms with van der Waals surface area (Å²) in [6.45, 7) is -0.0295. The molecular formula is C18H17ClFNO4S. The molecule has 1 saturated heterocycles. The minimum absolute atomic E-state index is 0.0295. The Hall–Kier alpha value is -1.96. The van der Waals surface area contributed by atoms with Gasteiger partial charge in [0.1, 0.15) is 24.4 Å². The molecule has 0 aromatic heterocycles. The number of carbonyl (C=O) groups excluding carboxylic acids is 1. The van der Waals surface area contributed by atoms with Gasteiger partial charge in [-0.1, -0.05) is 29.4 Å². The van der Waals surface area contributed by atoms with E-state index in [0.717, 1.165) is 5.56 Å². The van der Waals surface area contributed by atoms with Gasteiger partial charge in [-0.2, -0.15) is 0 Å². The summed E-state index contributed by atoms with van der Waals surface area (Å²) in [4.78, 5) is 11.0. The molecule has 2 aromatic rings. The second-order valence-electron chi connectivity index (χ2n) is 5.77. The number of quaternary nitrogens is 1. The molecule has 0 radical (unpaired) electrons. The number of benzene rings is 2. The number of hydrogen-bond donors (Lipinski definition) is 1. The molecule has 26 heavy (non-hydrogen) atoms. The van der Waals surface area contributed by atoms with Crippen LogP contribution in [0.25, 0.3) is 0 Å². The average Bonchev–Trinajstić information content (AvgIpc) is 3.12. The van der Waals surface area contributed by atoms with E-state index in [0.29, 0.717) is 22.3 Å². The van der Waals surface area contributed by atoms with Gasteiger partial charge < -0.3 is 24.7 Å². The molecule has 0 saturated carbocycles. The molecule has 2 N–H and O–H groups in total. The molecule has 3 rings (SSSR count). The third-order valence-electron chi connectivity index (χ3n) is 4.12. The lowest BCUT2D eigenvalue weighted by Crippen LogP contribution is -2.90. The largest absolute Gasteiger partial charge is 0.544 e. The van der Waals surface area contributed by atoms with Gasteiger partial charge in [0.15, 0.2) is 16.9 Å². The molecule has 0 aliphatic carbocycles. The summed E-state index contributed by atoms with van der Waals surface area (Å²) in [5.74, 6) is -0.0674. The van der Waals surface area contributed by atoms with Crippen molar-refractivity contribution in [3.05, 3.63) is 58.4 Å². The average molecular weight is 398 g/mol. The van der Waals surface area contributed by atoms with Crippen LogP contribution in [0.4, 0.5) is 4.39 Å². The van der Waals surface area contributed by atoms with E-state index in [-0.39, 0.29) is 17.5 Å². The number of thioether (sulfide) groups is 1. The van der Waals surface area contributed by atoms with Gasteiger partial charge in [0, 0.05) is 11.1 Å². The second kappa shape index (κ2) is 8.16. The molecule has 138 valence electrons. The number of nitrogens with two attached hydrogens (primary N) is 1. The van der Waals surface area contributed by atoms with Gasteiger partial charge in [-0.3, -0.25) is 0 Å². The summed E-state index contributed by atoms with van der Waals surface area (Å²) in [5.41, 5.74) is 1.18. The number of methoxy groups -OCH3 is 1. The highest BCUT2D eigenvalue weighted by atomic mass is 35.5. The molecule has 0 bridgehead atoms. The van der Waals surface area contributed by atoms with Crippen LogP contribution < -0.4 is 19.9 Å². The Morgan fingerprint density at radius 1 is 1.38 bits per heavy atom. The number of rotatable bonds is 6. The van der Waals surface area contributed by atoms with E-state index in [1.54, 1.807) is 23.5 Å². The standard InChI is InChI=1S/C18H17ClFNO4S/c1-24-16-7-10(17-21-14(9-26-17)18(22)23)5-6-15(16)25-8-11-12(19)3-2-4-13(11)20/h2-7,14,17,21H,8-9H2,1H3,(H,22,23)/t14-,17+/m1/s1. The molecule has 1 heterocycles. The van der Waals surface area contributed by atoms with Crippen LogP contribution in [-0.2, 0) is 11.4 Å². The third kappa shape index (κ3) is 4.06. The van der Waals surface area contributed by atoms with E-state index in [1.807, 2.05) is 6.07 Å². The van der Waals surface area contributed by atoms with E-state index >= 15 is 0 Å². The first-order chi connectivity index (χ1) is 12.5. The van der Waals surface area contributed by atoms with Crippen molar-refractivity contribution in [3.8, 4) is 11.5 Å². The number of hydrogen-bond acceptors (Lipinski definition) is 5. The zero-order valence-corrected chi connectivity index (χ0v) is 15.5. The Morgan fingerprint density at radius 3 is 2.85 bits per heavy atom. The van der Waals surface area contributed by atoms with Gasteiger partial charge in [0.05, 0.1) is 17.9 Å². The fraction of sp³-hybridized carbons (Fsp3) is 0.278. The van der Waals surface area contributed by atoms with E-state index < -0.39 is 17.8 Å². The summed E-state index contributed by atoms with van der Waals surface area (Å²) in [6, 6.07) is 9.26. The summed E-state index contributed by atoms with van der Waals surface area (Å²) in [6.07, 6.45) is 0. The normalized spacial score (nSPS) is 19.3. The van der Waals surface area contributed by atoms with Crippen LogP contribution in [-0.4, -0.2) is 24.9 Å². The minimum Gasteiger partial charge on any atom is -0.544 e. The molecule has 0 spiro atoms. The highest BCUT2D eigenvalue weighted by molar-refractivity contribution is 7.99. The summed E-state index contributed by atoms with van der Waals surface area (Å²) >= 11 is 7.54. The molecule has 0 unspecified atom stereocenters. The predicted molar refractivity (Wildman–Crippen MR) is 94.7 cm³/mol. The first-order valence-electron chi connectivity index (χ1n) is 7.90. The van der Waals surface area contributed by atoms with Gasteiger partial charge in [-0.15, -0.1) is 0 Å². The molecule has 8 heteroatoms. The van der Waals surface area contributed by atoms with Crippen LogP contribution in [0.3, 0.4) is 0 Å². The van der Waals surface area contributed by atoms with E-state index in [9.17, 15) is 14.3 Å². The van der Waals surface area contributed by atoms with Crippen molar-refractivity contribution in [2.45, 2.75) is 18.0 Å². The molecule has 2 atom stereocenters. The van der Waals surface area contributed by atoms with Crippen molar-refractivity contribution in [2.75, 3.05) is 12.9 Å². The Kier molecular flexibility index (Phi) is 5.90. The second-order valence-corrected chi connectivity index (χ2v) is 7.35. The lowest BCUT2D eigenvalue weighted by molar-refractivity contribution is -0.690. The van der Waals surface area contributed by atoms with Crippen LogP contribution >= 0.6 is 23.4 Å². The Balaban J connectivity index is 1.74. The maximum absolute atomic E-state index is 13.9. The Morgan fingerprint density at radius 2 is 2.19 bits per heavy atom. The number of halogens is 2. The molecule has 1 aliphatic rings. The highest BCUT2D eigenvalue weighted by Gasteiger charge is 2.31. The van der Waals surface area contributed by atoms with Gasteiger partial charge in [-0.05, 0) is 30.3 Å². The summed E-state index contributed by atoms with van der Waals surface area (Å²) in [5, 5.41) is 13.0. The summed E-state index contributed by atoms with van der Waals surface area (Å²) < 4.78 is 24.9. The molecule has 1 aliphatic heterocycles. The minimum atomic E-state index is -1.06. The molecule has 0 amide bonds. The smallest absolute Gasteiger partial charge is 0.161 e. The Labute approximate surface area is 159 Å². The van der Waals surface area contributed by atoms with E-state index in [1.165, 1.54) is 31.0 Å². The molecule has 2 aromatic carbocycles. The number of carbonyl (C=O) groups is 1. The molecule has 1 fully saturated rings. The van der Waals surface area contributed by atoms with Crippen LogP contribution in [0, 0.1) is 5.82 Å². The number of aliphatic carboxylic acids is 1. The van der Waals surface area contributed by atoms with E-state index in [4.69, 9.17) is 21.1 Å². The third-order valence-corrected chi connectivity index (χ3v) is 5.81. The maximum atomic E-state index is 13.9. The lowest BCUT2D eigenvalue weighted by atomic mass is 10.2. The van der Waals surface area contributed by atoms with Gasteiger partial charge in [-0.25, -0.2) is 4.39 Å². The van der Waals surface area contributed by atoms with Crippen LogP contribution in [0.5, 0.6) is 11.5 Å². The molecule has 5 nitrogen and oxygen atoms in total. The van der Waals surface area contributed by atoms with Crippen molar-refractivity contribution in [3.63, 3.8) is 0 Å². The van der Waals surface area contributed by atoms with Crippen LogP contribution in [0.1, 0.15) is 16.5 Å². The first-order valence-corrected chi connectivity index (χ1v) is 9.33. The van der Waals surface area contributed by atoms with Crippen LogP contribution in [0.15, 0.2) is 36.4 Å². The van der Waals surface area contributed by atoms with Crippen molar-refractivity contribution in [1.82, 2.24) is 0 Å². The van der Waals surface area contributed by atoms with Gasteiger partial charge in [0.25, 0.3) is 0 Å². The van der Waals surface area contributed by atoms with Crippen molar-refractivity contribution >= 4 is 29.3 Å². The van der Waals surface area contributed by atoms with Crippen LogP contribution in [0.2, 0.25) is 5.02 Å². The Bertz CT molecular complexity index is 800. The zero-order valence-electron chi connectivity index (χ0n) is 13.9. The number of ether oxygens (including phenoxy) is 2. The lowest BCUT2D eigenvalue weighted by Gasteiger charge is -2.15. The summed E-state index contributed by atoms with van der Waals surface area (Å²) in [7, 11) is 1.51. The fourth-order valence-electron chi connectivity index (χ4n) is 2.68. The van der Waals surface area contributed by atoms with Crippen molar-refractivity contribution in [1.29, 1.82) is 0 Å². The quantitative estimate of drug-likeness (QED) is 0.799.